The second kappa shape index (κ2) is 12.9. The molecule has 5 nitrogen and oxygen atoms in total. The number of anilines is 2. The van der Waals surface area contributed by atoms with Gasteiger partial charge < -0.3 is 10.2 Å². The van der Waals surface area contributed by atoms with E-state index in [2.05, 4.69) is 10.3 Å². The van der Waals surface area contributed by atoms with Crippen molar-refractivity contribution < 1.29 is 40.3 Å². The van der Waals surface area contributed by atoms with Crippen LogP contribution in [0, 0.1) is 12.7 Å². The van der Waals surface area contributed by atoms with E-state index in [0.29, 0.717) is 53.4 Å². The number of aryl methyl sites for hydroxylation is 1. The van der Waals surface area contributed by atoms with Crippen molar-refractivity contribution in [2.24, 2.45) is 0 Å². The summed E-state index contributed by atoms with van der Waals surface area (Å²) in [5.41, 5.74) is -3.68. The number of aromatic nitrogens is 1. The minimum Gasteiger partial charge on any atom is -0.370 e. The van der Waals surface area contributed by atoms with Gasteiger partial charge in [-0.25, -0.2) is 9.37 Å². The number of rotatable bonds is 9. The molecule has 0 bridgehead atoms. The molecular weight excluding hydrogens is 599 g/mol. The zero-order valence-electron chi connectivity index (χ0n) is 24.0. The van der Waals surface area contributed by atoms with Crippen molar-refractivity contribution in [2.45, 2.75) is 51.9 Å². The Hall–Kier alpha value is -3.61. The van der Waals surface area contributed by atoms with Crippen LogP contribution in [0.4, 0.5) is 42.2 Å². The number of thioether (sulfide) groups is 1. The summed E-state index contributed by atoms with van der Waals surface area (Å²) in [4.78, 5) is 30.4. The Bertz CT molecular complexity index is 1470. The third-order valence-electron chi connectivity index (χ3n) is 6.80. The maximum Gasteiger partial charge on any atom is 0.416 e. The lowest BCUT2D eigenvalue weighted by molar-refractivity contribution is -0.143. The molecule has 43 heavy (non-hydrogen) atoms. The van der Waals surface area contributed by atoms with Gasteiger partial charge in [0, 0.05) is 31.8 Å². The molecule has 1 heterocycles. The van der Waals surface area contributed by atoms with Crippen LogP contribution >= 0.6 is 11.8 Å². The van der Waals surface area contributed by atoms with Crippen LogP contribution in [0.25, 0.3) is 11.1 Å². The van der Waals surface area contributed by atoms with Crippen molar-refractivity contribution in [1.82, 2.24) is 4.98 Å². The standard InChI is InChI=1S/C30H30F7N3O2S/c1-17-11-22(31)7-8-23(17)24-15-26(38-9-6-10-43-18(2)41)39-16-25(24)40(5)27(42)28(3,4)19-12-20(29(32,33)34)14-21(13-19)30(35,36)37/h7-8,11-16H,6,9-10H2,1-5H3,(H,38,39). The molecule has 0 atom stereocenters. The van der Waals surface area contributed by atoms with E-state index in [9.17, 15) is 40.3 Å². The summed E-state index contributed by atoms with van der Waals surface area (Å²) in [6, 6.07) is 6.74. The summed E-state index contributed by atoms with van der Waals surface area (Å²) in [7, 11) is 1.34. The van der Waals surface area contributed by atoms with Gasteiger partial charge in [0.15, 0.2) is 5.12 Å². The molecule has 0 saturated carbocycles. The van der Waals surface area contributed by atoms with Gasteiger partial charge in [-0.05, 0) is 80.3 Å². The molecule has 0 spiro atoms. The first kappa shape index (κ1) is 33.9. The van der Waals surface area contributed by atoms with E-state index in [1.165, 1.54) is 64.0 Å². The number of alkyl halides is 6. The van der Waals surface area contributed by atoms with Crippen molar-refractivity contribution in [2.75, 3.05) is 29.6 Å². The number of hydrogen-bond donors (Lipinski definition) is 1. The van der Waals surface area contributed by atoms with Crippen LogP contribution in [-0.2, 0) is 27.4 Å². The summed E-state index contributed by atoms with van der Waals surface area (Å²) in [5.74, 6) is -0.302. The quantitative estimate of drug-likeness (QED) is 0.191. The van der Waals surface area contributed by atoms with Crippen molar-refractivity contribution in [3.63, 3.8) is 0 Å². The van der Waals surface area contributed by atoms with Crippen molar-refractivity contribution >= 4 is 34.3 Å². The third kappa shape index (κ3) is 8.27. The van der Waals surface area contributed by atoms with Gasteiger partial charge >= 0.3 is 12.4 Å². The highest BCUT2D eigenvalue weighted by atomic mass is 32.2. The fourth-order valence-electron chi connectivity index (χ4n) is 4.43. The van der Waals surface area contributed by atoms with E-state index in [1.807, 2.05) is 0 Å². The van der Waals surface area contributed by atoms with Gasteiger partial charge in [-0.3, -0.25) is 9.59 Å². The largest absolute Gasteiger partial charge is 0.416 e. The highest BCUT2D eigenvalue weighted by molar-refractivity contribution is 8.13. The van der Waals surface area contributed by atoms with Crippen LogP contribution in [0.15, 0.2) is 48.7 Å². The van der Waals surface area contributed by atoms with Crippen molar-refractivity contribution in [3.05, 3.63) is 76.7 Å². The molecule has 1 N–H and O–H groups in total. The molecule has 0 saturated heterocycles. The molecule has 3 aromatic rings. The highest BCUT2D eigenvalue weighted by Gasteiger charge is 2.41. The number of amides is 1. The van der Waals surface area contributed by atoms with Gasteiger partial charge in [0.1, 0.15) is 11.6 Å². The lowest BCUT2D eigenvalue weighted by atomic mass is 9.81. The topological polar surface area (TPSA) is 62.3 Å². The fraction of sp³-hybridized carbons (Fsp3) is 0.367. The van der Waals surface area contributed by atoms with Gasteiger partial charge in [-0.2, -0.15) is 26.3 Å². The van der Waals surface area contributed by atoms with Gasteiger partial charge in [-0.15, -0.1) is 0 Å². The zero-order valence-corrected chi connectivity index (χ0v) is 24.8. The Morgan fingerprint density at radius 2 is 1.49 bits per heavy atom. The molecular formula is C30H30F7N3O2S. The minimum atomic E-state index is -5.08. The zero-order chi connectivity index (χ0) is 32.3. The summed E-state index contributed by atoms with van der Waals surface area (Å²) < 4.78 is 95.2. The third-order valence-corrected chi connectivity index (χ3v) is 7.70. The molecule has 3 rings (SSSR count). The normalized spacial score (nSPS) is 12.3. The number of benzene rings is 2. The Labute approximate surface area is 248 Å². The Morgan fingerprint density at radius 3 is 2.02 bits per heavy atom. The van der Waals surface area contributed by atoms with Crippen LogP contribution in [0.2, 0.25) is 0 Å². The van der Waals surface area contributed by atoms with Crippen LogP contribution < -0.4 is 10.2 Å². The number of carbonyl (C=O) groups excluding carboxylic acids is 2. The molecule has 1 amide bonds. The average molecular weight is 630 g/mol. The smallest absolute Gasteiger partial charge is 0.370 e. The monoisotopic (exact) mass is 629 g/mol. The number of likely N-dealkylation sites (N-methyl/N-ethyl adjacent to an activating group) is 1. The molecule has 2 aromatic carbocycles. The van der Waals surface area contributed by atoms with E-state index < -0.39 is 46.2 Å². The number of carbonyl (C=O) groups is 2. The highest BCUT2D eigenvalue weighted by Crippen LogP contribution is 2.41. The average Bonchev–Trinajstić information content (AvgIpc) is 2.90. The van der Waals surface area contributed by atoms with E-state index >= 15 is 0 Å². The molecule has 13 heteroatoms. The first-order valence-electron chi connectivity index (χ1n) is 13.0. The SMILES string of the molecule is CC(=O)SCCCNc1cc(-c2ccc(F)cc2C)c(N(C)C(=O)C(C)(C)c2cc(C(F)(F)F)cc(C(F)(F)F)c2)cn1. The Morgan fingerprint density at radius 1 is 0.907 bits per heavy atom. The predicted octanol–water partition coefficient (Wildman–Crippen LogP) is 8.26. The van der Waals surface area contributed by atoms with E-state index in [1.54, 1.807) is 13.0 Å². The molecule has 0 aliphatic carbocycles. The van der Waals surface area contributed by atoms with Gasteiger partial charge in [0.2, 0.25) is 5.91 Å². The fourth-order valence-corrected chi connectivity index (χ4v) is 5.01. The lowest BCUT2D eigenvalue weighted by Gasteiger charge is -2.32. The summed E-state index contributed by atoms with van der Waals surface area (Å²) in [5, 5.41) is 3.12. The van der Waals surface area contributed by atoms with Crippen LogP contribution in [0.1, 0.15) is 49.4 Å². The summed E-state index contributed by atoms with van der Waals surface area (Å²) in [6.45, 7) is 6.07. The van der Waals surface area contributed by atoms with Gasteiger partial charge in [0.25, 0.3) is 0 Å². The molecule has 1 aromatic heterocycles. The lowest BCUT2D eigenvalue weighted by Crippen LogP contribution is -2.42. The van der Waals surface area contributed by atoms with Gasteiger partial charge in [-0.1, -0.05) is 17.8 Å². The molecule has 0 aliphatic rings. The predicted molar refractivity (Wildman–Crippen MR) is 153 cm³/mol. The minimum absolute atomic E-state index is 0.00746. The first-order chi connectivity index (χ1) is 19.8. The van der Waals surface area contributed by atoms with Crippen LogP contribution in [0.3, 0.4) is 0 Å². The Balaban J connectivity index is 2.06. The van der Waals surface area contributed by atoms with Crippen LogP contribution in [0.5, 0.6) is 0 Å². The Kier molecular flexibility index (Phi) is 10.2. The van der Waals surface area contributed by atoms with E-state index in [4.69, 9.17) is 0 Å². The maximum absolute atomic E-state index is 13.9. The second-order valence-corrected chi connectivity index (χ2v) is 11.7. The number of nitrogens with one attached hydrogen (secondary N) is 1. The van der Waals surface area contributed by atoms with Crippen LogP contribution in [-0.4, -0.2) is 35.4 Å². The number of hydrogen-bond acceptors (Lipinski definition) is 5. The van der Waals surface area contributed by atoms with Crippen molar-refractivity contribution in [1.29, 1.82) is 0 Å². The van der Waals surface area contributed by atoms with Crippen molar-refractivity contribution in [3.8, 4) is 11.1 Å². The van der Waals surface area contributed by atoms with E-state index in [0.717, 1.165) is 4.90 Å². The molecule has 0 aliphatic heterocycles. The molecule has 0 fully saturated rings. The summed E-state index contributed by atoms with van der Waals surface area (Å²) in [6.07, 6.45) is -8.16. The second-order valence-electron chi connectivity index (χ2n) is 10.5. The first-order valence-corrected chi connectivity index (χ1v) is 14.0. The number of pyridine rings is 1. The maximum atomic E-state index is 13.9. The summed E-state index contributed by atoms with van der Waals surface area (Å²) >= 11 is 1.18. The van der Waals surface area contributed by atoms with E-state index in [-0.39, 0.29) is 16.9 Å². The molecule has 0 radical (unpaired) electrons. The number of halogens is 7. The molecule has 232 valence electrons. The number of nitrogens with zero attached hydrogens (tertiary/aromatic N) is 2. The van der Waals surface area contributed by atoms with Gasteiger partial charge in [0.05, 0.1) is 28.4 Å². The molecule has 0 unspecified atom stereocenters.